The molecule has 0 aromatic heterocycles. The Morgan fingerprint density at radius 2 is 2.03 bits per heavy atom. The van der Waals surface area contributed by atoms with Crippen LogP contribution in [0.15, 0.2) is 48.5 Å². The van der Waals surface area contributed by atoms with E-state index in [1.54, 1.807) is 7.11 Å². The maximum absolute atomic E-state index is 9.08. The average Bonchev–Trinajstić information content (AvgIpc) is 2.82. The van der Waals surface area contributed by atoms with Crippen LogP contribution in [0.2, 0.25) is 0 Å². The highest BCUT2D eigenvalue weighted by molar-refractivity contribution is 5.33. The van der Waals surface area contributed by atoms with Crippen molar-refractivity contribution in [3.05, 3.63) is 59.7 Å². The summed E-state index contributed by atoms with van der Waals surface area (Å²) in [6.07, 6.45) is 3.64. The largest absolute Gasteiger partial charge is 0.497 e. The van der Waals surface area contributed by atoms with Crippen LogP contribution in [0.5, 0.6) is 11.5 Å². The highest BCUT2D eigenvalue weighted by Gasteiger charge is 2.22. The molecule has 31 heavy (non-hydrogen) atoms. The number of benzene rings is 2. The number of nitrogens with zero attached hydrogens (tertiary/aromatic N) is 2. The van der Waals surface area contributed by atoms with Gasteiger partial charge in [0.25, 0.3) is 0 Å². The van der Waals surface area contributed by atoms with E-state index in [2.05, 4.69) is 47.1 Å². The third-order valence-corrected chi connectivity index (χ3v) is 6.13. The molecule has 0 radical (unpaired) electrons. The summed E-state index contributed by atoms with van der Waals surface area (Å²) in [5.74, 6) is 2.53. The molecule has 0 bridgehead atoms. The highest BCUT2D eigenvalue weighted by Crippen LogP contribution is 2.23. The Morgan fingerprint density at radius 3 is 2.84 bits per heavy atom. The molecule has 1 atom stereocenters. The first-order valence-corrected chi connectivity index (χ1v) is 11.6. The van der Waals surface area contributed by atoms with E-state index in [1.165, 1.54) is 37.1 Å². The zero-order valence-corrected chi connectivity index (χ0v) is 19.1. The molecule has 2 aromatic rings. The van der Waals surface area contributed by atoms with Crippen LogP contribution in [0.4, 0.5) is 0 Å². The number of likely N-dealkylation sites (tertiary alicyclic amines) is 1. The lowest BCUT2D eigenvalue weighted by atomic mass is 9.96. The molecule has 2 aromatic carbocycles. The number of rotatable bonds is 12. The number of aliphatic hydroxyl groups excluding tert-OH is 1. The molecular weight excluding hydrogens is 388 g/mol. The molecule has 1 aliphatic rings. The fourth-order valence-electron chi connectivity index (χ4n) is 4.46. The van der Waals surface area contributed by atoms with Crippen molar-refractivity contribution in [2.75, 3.05) is 53.0 Å². The molecule has 0 aliphatic carbocycles. The van der Waals surface area contributed by atoms with Gasteiger partial charge in [0, 0.05) is 31.7 Å². The van der Waals surface area contributed by atoms with E-state index >= 15 is 0 Å². The minimum absolute atomic E-state index is 0.0412. The maximum atomic E-state index is 9.08. The molecule has 1 aliphatic heterocycles. The molecule has 0 spiro atoms. The van der Waals surface area contributed by atoms with Gasteiger partial charge in [-0.3, -0.25) is 4.90 Å². The van der Waals surface area contributed by atoms with Crippen molar-refractivity contribution in [1.82, 2.24) is 9.80 Å². The third-order valence-electron chi connectivity index (χ3n) is 6.13. The van der Waals surface area contributed by atoms with Gasteiger partial charge in [-0.2, -0.15) is 0 Å². The molecule has 1 heterocycles. The van der Waals surface area contributed by atoms with Gasteiger partial charge in [-0.1, -0.05) is 37.3 Å². The number of aliphatic hydroxyl groups is 1. The molecule has 1 saturated heterocycles. The van der Waals surface area contributed by atoms with Crippen molar-refractivity contribution in [3.8, 4) is 11.5 Å². The van der Waals surface area contributed by atoms with E-state index in [0.29, 0.717) is 12.5 Å². The van der Waals surface area contributed by atoms with E-state index in [9.17, 15) is 0 Å². The average molecular weight is 427 g/mol. The second-order valence-electron chi connectivity index (χ2n) is 8.42. The van der Waals surface area contributed by atoms with Crippen LogP contribution in [0.25, 0.3) is 0 Å². The van der Waals surface area contributed by atoms with Crippen molar-refractivity contribution < 1.29 is 14.6 Å². The van der Waals surface area contributed by atoms with E-state index in [-0.39, 0.29) is 6.61 Å². The van der Waals surface area contributed by atoms with Crippen LogP contribution in [-0.4, -0.2) is 68.0 Å². The van der Waals surface area contributed by atoms with E-state index in [0.717, 1.165) is 44.1 Å². The first-order chi connectivity index (χ1) is 15.2. The van der Waals surface area contributed by atoms with Crippen LogP contribution in [0.1, 0.15) is 30.9 Å². The van der Waals surface area contributed by atoms with Gasteiger partial charge < -0.3 is 19.5 Å². The zero-order valence-electron chi connectivity index (χ0n) is 19.1. The predicted octanol–water partition coefficient (Wildman–Crippen LogP) is 3.84. The first-order valence-electron chi connectivity index (χ1n) is 11.6. The summed E-state index contributed by atoms with van der Waals surface area (Å²) in [6, 6.07) is 16.6. The number of hydrogen-bond donors (Lipinski definition) is 1. The van der Waals surface area contributed by atoms with Crippen LogP contribution in [0.3, 0.4) is 0 Å². The lowest BCUT2D eigenvalue weighted by Gasteiger charge is -2.35. The number of ether oxygens (including phenoxy) is 2. The fourth-order valence-corrected chi connectivity index (χ4v) is 4.46. The molecule has 1 N–H and O–H groups in total. The lowest BCUT2D eigenvalue weighted by molar-refractivity contribution is 0.132. The van der Waals surface area contributed by atoms with Crippen molar-refractivity contribution in [1.29, 1.82) is 0 Å². The third kappa shape index (κ3) is 7.53. The number of piperidine rings is 1. The van der Waals surface area contributed by atoms with Gasteiger partial charge >= 0.3 is 0 Å². The van der Waals surface area contributed by atoms with Crippen molar-refractivity contribution in [3.63, 3.8) is 0 Å². The predicted molar refractivity (Wildman–Crippen MR) is 126 cm³/mol. The normalized spacial score (nSPS) is 17.1. The highest BCUT2D eigenvalue weighted by atomic mass is 16.5. The molecule has 0 amide bonds. The molecule has 1 fully saturated rings. The van der Waals surface area contributed by atoms with Crippen LogP contribution < -0.4 is 9.47 Å². The molecule has 5 nitrogen and oxygen atoms in total. The van der Waals surface area contributed by atoms with Gasteiger partial charge in [0.15, 0.2) is 0 Å². The summed E-state index contributed by atoms with van der Waals surface area (Å²) >= 11 is 0. The van der Waals surface area contributed by atoms with Gasteiger partial charge in [0.2, 0.25) is 0 Å². The maximum Gasteiger partial charge on any atom is 0.123 e. The summed E-state index contributed by atoms with van der Waals surface area (Å²) in [5, 5.41) is 9.08. The Hall–Kier alpha value is -2.08. The zero-order chi connectivity index (χ0) is 21.9. The summed E-state index contributed by atoms with van der Waals surface area (Å²) < 4.78 is 11.1. The van der Waals surface area contributed by atoms with Crippen LogP contribution in [0, 0.1) is 5.92 Å². The molecule has 3 rings (SSSR count). The number of methoxy groups -OCH3 is 1. The standard InChI is InChI=1S/C26H38N2O3/c1-3-27(21-24-10-4-5-12-26(24)31-17-16-29)19-23-9-7-14-28(20-23)15-13-22-8-6-11-25(18-22)30-2/h4-6,8,10-12,18,23,29H,3,7,9,13-17,19-21H2,1-2H3/t23-/m1/s1. The Labute approximate surface area is 187 Å². The molecule has 170 valence electrons. The molecule has 0 unspecified atom stereocenters. The molecule has 5 heteroatoms. The molecular formula is C26H38N2O3. The Morgan fingerprint density at radius 1 is 1.16 bits per heavy atom. The van der Waals surface area contributed by atoms with Gasteiger partial charge in [-0.15, -0.1) is 0 Å². The number of para-hydroxylation sites is 1. The quantitative estimate of drug-likeness (QED) is 0.559. The second-order valence-corrected chi connectivity index (χ2v) is 8.42. The minimum atomic E-state index is 0.0412. The van der Waals surface area contributed by atoms with E-state index in [1.807, 2.05) is 18.2 Å². The monoisotopic (exact) mass is 426 g/mol. The molecule has 0 saturated carbocycles. The van der Waals surface area contributed by atoms with Gasteiger partial charge in [-0.25, -0.2) is 0 Å². The van der Waals surface area contributed by atoms with Gasteiger partial charge in [0.1, 0.15) is 18.1 Å². The van der Waals surface area contributed by atoms with Gasteiger partial charge in [0.05, 0.1) is 13.7 Å². The SMILES string of the molecule is CCN(Cc1ccccc1OCCO)C[C@H]1CCCN(CCc2cccc(OC)c2)C1. The van der Waals surface area contributed by atoms with Crippen LogP contribution in [-0.2, 0) is 13.0 Å². The van der Waals surface area contributed by atoms with Crippen molar-refractivity contribution in [2.24, 2.45) is 5.92 Å². The van der Waals surface area contributed by atoms with Crippen molar-refractivity contribution >= 4 is 0 Å². The Bertz CT molecular complexity index is 783. The van der Waals surface area contributed by atoms with Gasteiger partial charge in [-0.05, 0) is 62.0 Å². The fraction of sp³-hybridized carbons (Fsp3) is 0.538. The Balaban J connectivity index is 1.51. The Kier molecular flexibility index (Phi) is 9.66. The summed E-state index contributed by atoms with van der Waals surface area (Å²) in [7, 11) is 1.73. The van der Waals surface area contributed by atoms with E-state index < -0.39 is 0 Å². The lowest BCUT2D eigenvalue weighted by Crippen LogP contribution is -2.41. The summed E-state index contributed by atoms with van der Waals surface area (Å²) in [5.41, 5.74) is 2.54. The van der Waals surface area contributed by atoms with Crippen molar-refractivity contribution in [2.45, 2.75) is 32.7 Å². The number of hydrogen-bond acceptors (Lipinski definition) is 5. The summed E-state index contributed by atoms with van der Waals surface area (Å²) in [6.45, 7) is 9.11. The topological polar surface area (TPSA) is 45.2 Å². The first kappa shape index (κ1) is 23.6. The summed E-state index contributed by atoms with van der Waals surface area (Å²) in [4.78, 5) is 5.15. The van der Waals surface area contributed by atoms with Crippen LogP contribution >= 0.6 is 0 Å². The minimum Gasteiger partial charge on any atom is -0.497 e. The smallest absolute Gasteiger partial charge is 0.123 e. The second kappa shape index (κ2) is 12.7. The van der Waals surface area contributed by atoms with E-state index in [4.69, 9.17) is 14.6 Å².